The smallest absolute Gasteiger partial charge is 0.320 e. The van der Waals surface area contributed by atoms with Gasteiger partial charge in [0.05, 0.1) is 7.11 Å². The van der Waals surface area contributed by atoms with E-state index in [1.165, 1.54) is 7.11 Å². The number of hydrogen-bond acceptors (Lipinski definition) is 3. The molecule has 0 heterocycles. The predicted octanol–water partition coefficient (Wildman–Crippen LogP) is 3.26. The lowest BCUT2D eigenvalue weighted by Gasteiger charge is -2.56. The molecule has 0 aromatic heterocycles. The van der Waals surface area contributed by atoms with E-state index in [-0.39, 0.29) is 35.4 Å². The van der Waals surface area contributed by atoms with Crippen LogP contribution in [-0.2, 0) is 14.3 Å². The van der Waals surface area contributed by atoms with Crippen LogP contribution < -0.4 is 0 Å². The molecule has 0 radical (unpaired) electrons. The van der Waals surface area contributed by atoms with Gasteiger partial charge in [-0.3, -0.25) is 9.59 Å². The van der Waals surface area contributed by atoms with Crippen molar-refractivity contribution in [3.63, 3.8) is 0 Å². The highest BCUT2D eigenvalue weighted by Gasteiger charge is 2.69. The van der Waals surface area contributed by atoms with Crippen LogP contribution in [0, 0.1) is 52.8 Å². The second-order valence-corrected chi connectivity index (χ2v) is 8.19. The Morgan fingerprint density at radius 2 is 1.83 bits per heavy atom. The third-order valence-corrected chi connectivity index (χ3v) is 7.44. The Labute approximate surface area is 138 Å². The Kier molecular flexibility index (Phi) is 3.17. The molecule has 2 saturated carbocycles. The van der Waals surface area contributed by atoms with Gasteiger partial charge >= 0.3 is 5.97 Å². The van der Waals surface area contributed by atoms with Crippen molar-refractivity contribution in [2.24, 2.45) is 52.8 Å². The van der Waals surface area contributed by atoms with Gasteiger partial charge in [-0.05, 0) is 47.8 Å². The summed E-state index contributed by atoms with van der Waals surface area (Å²) in [6, 6.07) is 0. The van der Waals surface area contributed by atoms with Gasteiger partial charge in [0.1, 0.15) is 5.41 Å². The Bertz CT molecular complexity index is 618. The molecule has 4 rings (SSSR count). The number of carbonyl (C=O) groups is 2. The summed E-state index contributed by atoms with van der Waals surface area (Å²) < 4.78 is 5.20. The normalized spacial score (nSPS) is 53.1. The maximum absolute atomic E-state index is 13.7. The van der Waals surface area contributed by atoms with E-state index in [2.05, 4.69) is 38.2 Å². The van der Waals surface area contributed by atoms with Gasteiger partial charge in [0.25, 0.3) is 0 Å². The molecule has 2 fully saturated rings. The highest BCUT2D eigenvalue weighted by atomic mass is 16.5. The van der Waals surface area contributed by atoms with Gasteiger partial charge in [0, 0.05) is 5.92 Å². The van der Waals surface area contributed by atoms with E-state index >= 15 is 0 Å². The summed E-state index contributed by atoms with van der Waals surface area (Å²) in [6.07, 6.45) is 9.88. The average molecular weight is 314 g/mol. The fraction of sp³-hybridized carbons (Fsp3) is 0.700. The van der Waals surface area contributed by atoms with Crippen molar-refractivity contribution in [1.29, 1.82) is 0 Å². The molecule has 3 heteroatoms. The molecule has 0 spiro atoms. The number of esters is 1. The summed E-state index contributed by atoms with van der Waals surface area (Å²) in [5.41, 5.74) is -0.984. The van der Waals surface area contributed by atoms with Crippen LogP contribution in [0.15, 0.2) is 24.3 Å². The Balaban J connectivity index is 1.91. The summed E-state index contributed by atoms with van der Waals surface area (Å²) in [4.78, 5) is 26.6. The number of ketones is 1. The minimum absolute atomic E-state index is 0.0106. The fourth-order valence-corrected chi connectivity index (χ4v) is 6.67. The van der Waals surface area contributed by atoms with E-state index < -0.39 is 5.41 Å². The first kappa shape index (κ1) is 15.2. The quantitative estimate of drug-likeness (QED) is 0.424. The maximum Gasteiger partial charge on any atom is 0.320 e. The van der Waals surface area contributed by atoms with Crippen molar-refractivity contribution in [2.75, 3.05) is 7.11 Å². The van der Waals surface area contributed by atoms with Crippen LogP contribution in [0.1, 0.15) is 27.2 Å². The number of fused-ring (bicyclic) bond motifs is 6. The zero-order valence-electron chi connectivity index (χ0n) is 14.4. The Morgan fingerprint density at radius 1 is 1.13 bits per heavy atom. The van der Waals surface area contributed by atoms with Gasteiger partial charge in [-0.1, -0.05) is 45.1 Å². The van der Waals surface area contributed by atoms with Crippen LogP contribution in [0.25, 0.3) is 0 Å². The number of hydrogen-bond donors (Lipinski definition) is 0. The molecule has 9 atom stereocenters. The number of ether oxygens (including phenoxy) is 1. The van der Waals surface area contributed by atoms with Crippen molar-refractivity contribution in [1.82, 2.24) is 0 Å². The molecule has 3 nitrogen and oxygen atoms in total. The molecule has 0 saturated heterocycles. The minimum atomic E-state index is -0.984. The standard InChI is InChI=1S/C20H26O3/c1-10-5-6-11(2)20(19(22)23-4)17(10)12(3)15-13-7-8-14(9-13)16(15)18(20)21/h5-8,10-17H,9H2,1-4H3/t10-,11+,12+,13-,14+,15?,16?,17?,20?/m0/s1. The van der Waals surface area contributed by atoms with Gasteiger partial charge in [0.2, 0.25) is 0 Å². The Morgan fingerprint density at radius 3 is 2.52 bits per heavy atom. The van der Waals surface area contributed by atoms with Gasteiger partial charge in [-0.2, -0.15) is 0 Å². The van der Waals surface area contributed by atoms with Crippen molar-refractivity contribution >= 4 is 11.8 Å². The second-order valence-electron chi connectivity index (χ2n) is 8.19. The van der Waals surface area contributed by atoms with Crippen molar-refractivity contribution in [3.8, 4) is 0 Å². The van der Waals surface area contributed by atoms with E-state index in [1.807, 2.05) is 6.92 Å². The first-order valence-corrected chi connectivity index (χ1v) is 8.94. The number of Topliss-reactive ketones (excluding diaryl/α,β-unsaturated/α-hetero) is 1. The van der Waals surface area contributed by atoms with E-state index in [4.69, 9.17) is 4.74 Å². The van der Waals surface area contributed by atoms with Crippen molar-refractivity contribution in [3.05, 3.63) is 24.3 Å². The fourth-order valence-electron chi connectivity index (χ4n) is 6.67. The van der Waals surface area contributed by atoms with Crippen molar-refractivity contribution in [2.45, 2.75) is 27.2 Å². The molecule has 0 aromatic rings. The largest absolute Gasteiger partial charge is 0.468 e. The minimum Gasteiger partial charge on any atom is -0.468 e. The molecule has 23 heavy (non-hydrogen) atoms. The molecule has 0 aliphatic heterocycles. The molecule has 4 aliphatic rings. The monoisotopic (exact) mass is 314 g/mol. The van der Waals surface area contributed by atoms with Crippen LogP contribution in [0.5, 0.6) is 0 Å². The molecule has 0 aromatic carbocycles. The Hall–Kier alpha value is -1.38. The lowest BCUT2D eigenvalue weighted by molar-refractivity contribution is -0.181. The van der Waals surface area contributed by atoms with Crippen LogP contribution in [0.2, 0.25) is 0 Å². The third kappa shape index (κ3) is 1.61. The molecule has 0 N–H and O–H groups in total. The maximum atomic E-state index is 13.7. The van der Waals surface area contributed by atoms with Gasteiger partial charge in [0.15, 0.2) is 5.78 Å². The molecular weight excluding hydrogens is 288 g/mol. The summed E-state index contributed by atoms with van der Waals surface area (Å²) in [5.74, 6) is 1.67. The molecule has 124 valence electrons. The van der Waals surface area contributed by atoms with Crippen LogP contribution in [-0.4, -0.2) is 18.9 Å². The van der Waals surface area contributed by atoms with E-state index in [0.717, 1.165) is 6.42 Å². The van der Waals surface area contributed by atoms with Gasteiger partial charge in [-0.15, -0.1) is 0 Å². The summed E-state index contributed by atoms with van der Waals surface area (Å²) in [6.45, 7) is 6.43. The van der Waals surface area contributed by atoms with E-state index in [9.17, 15) is 9.59 Å². The number of carbonyl (C=O) groups excluding carboxylic acids is 2. The predicted molar refractivity (Wildman–Crippen MR) is 87.3 cm³/mol. The zero-order chi connectivity index (χ0) is 16.5. The van der Waals surface area contributed by atoms with Crippen LogP contribution >= 0.6 is 0 Å². The van der Waals surface area contributed by atoms with Gasteiger partial charge in [-0.25, -0.2) is 0 Å². The molecule has 4 aliphatic carbocycles. The van der Waals surface area contributed by atoms with Crippen molar-refractivity contribution < 1.29 is 14.3 Å². The lowest BCUT2D eigenvalue weighted by atomic mass is 9.45. The zero-order valence-corrected chi connectivity index (χ0v) is 14.4. The highest BCUT2D eigenvalue weighted by Crippen LogP contribution is 2.64. The summed E-state index contributed by atoms with van der Waals surface area (Å²) in [7, 11) is 1.43. The number of methoxy groups -OCH3 is 1. The second kappa shape index (κ2) is 4.81. The van der Waals surface area contributed by atoms with E-state index in [1.54, 1.807) is 0 Å². The SMILES string of the molecule is COC(=O)C12C(=O)C3C([C@@H](C)C1[C@@H](C)C=C[C@H]2C)[C@H]1C=C[C@@H]3C1. The van der Waals surface area contributed by atoms with Crippen LogP contribution in [0.3, 0.4) is 0 Å². The topological polar surface area (TPSA) is 43.4 Å². The first-order chi connectivity index (χ1) is 10.9. The van der Waals surface area contributed by atoms with E-state index in [0.29, 0.717) is 23.7 Å². The molecule has 0 amide bonds. The van der Waals surface area contributed by atoms with Crippen LogP contribution in [0.4, 0.5) is 0 Å². The number of rotatable bonds is 1. The first-order valence-electron chi connectivity index (χ1n) is 8.94. The molecule has 2 bridgehead atoms. The highest BCUT2D eigenvalue weighted by molar-refractivity contribution is 6.07. The van der Waals surface area contributed by atoms with Gasteiger partial charge < -0.3 is 4.74 Å². The molecule has 4 unspecified atom stereocenters. The molecular formula is C20H26O3. The lowest BCUT2D eigenvalue weighted by Crippen LogP contribution is -2.63. The average Bonchev–Trinajstić information content (AvgIpc) is 3.15. The summed E-state index contributed by atoms with van der Waals surface area (Å²) in [5, 5.41) is 0. The third-order valence-electron chi connectivity index (χ3n) is 7.44. The summed E-state index contributed by atoms with van der Waals surface area (Å²) >= 11 is 0. The number of allylic oxidation sites excluding steroid dienone is 4.